The maximum atomic E-state index is 11.1. The summed E-state index contributed by atoms with van der Waals surface area (Å²) in [6.07, 6.45) is 3.22. The summed E-state index contributed by atoms with van der Waals surface area (Å²) in [5.41, 5.74) is 4.35. The first-order valence-corrected chi connectivity index (χ1v) is 5.70. The first kappa shape index (κ1) is 9.64. The van der Waals surface area contributed by atoms with Gasteiger partial charge in [0.15, 0.2) is 12.0 Å². The number of furan rings is 1. The van der Waals surface area contributed by atoms with Crippen LogP contribution in [-0.4, -0.2) is 6.29 Å². The van der Waals surface area contributed by atoms with Gasteiger partial charge in [0.25, 0.3) is 0 Å². The number of hydrogen-bond donors (Lipinski definition) is 0. The van der Waals surface area contributed by atoms with E-state index >= 15 is 0 Å². The van der Waals surface area contributed by atoms with Crippen LogP contribution >= 0.6 is 0 Å². The van der Waals surface area contributed by atoms with Gasteiger partial charge in [-0.2, -0.15) is 0 Å². The van der Waals surface area contributed by atoms with E-state index in [1.54, 1.807) is 0 Å². The third-order valence-corrected chi connectivity index (χ3v) is 3.40. The summed E-state index contributed by atoms with van der Waals surface area (Å²) < 4.78 is 5.69. The van der Waals surface area contributed by atoms with Crippen LogP contribution in [-0.2, 0) is 0 Å². The zero-order valence-corrected chi connectivity index (χ0v) is 9.54. The van der Waals surface area contributed by atoms with Crippen molar-refractivity contribution < 1.29 is 9.21 Å². The van der Waals surface area contributed by atoms with Gasteiger partial charge < -0.3 is 4.42 Å². The molecule has 0 N–H and O–H groups in total. The van der Waals surface area contributed by atoms with Gasteiger partial charge in [-0.15, -0.1) is 0 Å². The number of aryl methyl sites for hydroxylation is 2. The molecule has 3 rings (SSSR count). The lowest BCUT2D eigenvalue weighted by Gasteiger charge is -2.00. The summed E-state index contributed by atoms with van der Waals surface area (Å²) in [6, 6.07) is 4.15. The monoisotopic (exact) mass is 214 g/mol. The predicted octanol–water partition coefficient (Wildman–Crippen LogP) is 3.74. The summed E-state index contributed by atoms with van der Waals surface area (Å²) in [6.45, 7) is 4.11. The van der Waals surface area contributed by atoms with Crippen LogP contribution in [0.2, 0.25) is 0 Å². The average molecular weight is 214 g/mol. The minimum atomic E-state index is 0.537. The lowest BCUT2D eigenvalue weighted by Crippen LogP contribution is -1.86. The largest absolute Gasteiger partial charge is 0.453 e. The fraction of sp³-hybridized carbons (Fsp3) is 0.357. The Morgan fingerprint density at radius 2 is 1.94 bits per heavy atom. The van der Waals surface area contributed by atoms with E-state index in [4.69, 9.17) is 4.42 Å². The Kier molecular flexibility index (Phi) is 1.93. The van der Waals surface area contributed by atoms with Gasteiger partial charge in [0.1, 0.15) is 5.58 Å². The van der Waals surface area contributed by atoms with Crippen molar-refractivity contribution in [2.45, 2.75) is 32.6 Å². The Bertz CT molecular complexity index is 574. The van der Waals surface area contributed by atoms with E-state index in [2.05, 4.69) is 13.0 Å². The van der Waals surface area contributed by atoms with E-state index in [9.17, 15) is 4.79 Å². The van der Waals surface area contributed by atoms with Gasteiger partial charge in [-0.3, -0.25) is 4.79 Å². The van der Waals surface area contributed by atoms with Crippen molar-refractivity contribution in [1.82, 2.24) is 0 Å². The summed E-state index contributed by atoms with van der Waals surface area (Å²) in [5, 5.41) is 1.17. The van der Waals surface area contributed by atoms with Crippen LogP contribution in [0.3, 0.4) is 0 Å². The molecule has 2 nitrogen and oxygen atoms in total. The first-order chi connectivity index (χ1) is 7.72. The molecular weight excluding hydrogens is 200 g/mol. The van der Waals surface area contributed by atoms with Gasteiger partial charge in [-0.05, 0) is 43.7 Å². The third kappa shape index (κ3) is 1.22. The van der Waals surface area contributed by atoms with Gasteiger partial charge in [0, 0.05) is 10.9 Å². The summed E-state index contributed by atoms with van der Waals surface area (Å²) in [7, 11) is 0. The van der Waals surface area contributed by atoms with Gasteiger partial charge in [0.05, 0.1) is 0 Å². The predicted molar refractivity (Wildman–Crippen MR) is 63.1 cm³/mol. The molecule has 1 heterocycles. The quantitative estimate of drug-likeness (QED) is 0.713. The second-order valence-electron chi connectivity index (χ2n) is 4.68. The molecule has 1 aromatic heterocycles. The topological polar surface area (TPSA) is 30.2 Å². The van der Waals surface area contributed by atoms with Gasteiger partial charge >= 0.3 is 0 Å². The van der Waals surface area contributed by atoms with Gasteiger partial charge in [-0.25, -0.2) is 0 Å². The summed E-state index contributed by atoms with van der Waals surface area (Å²) in [5.74, 6) is 1.08. The van der Waals surface area contributed by atoms with Crippen LogP contribution in [0, 0.1) is 13.8 Å². The van der Waals surface area contributed by atoms with Crippen molar-refractivity contribution in [2.24, 2.45) is 0 Å². The number of carbonyl (C=O) groups is 1. The SMILES string of the molecule is Cc1ccc(C)c2c(C3CC3)c(C=O)oc12. The number of benzene rings is 1. The molecule has 2 heteroatoms. The van der Waals surface area contributed by atoms with Gasteiger partial charge in [0.2, 0.25) is 0 Å². The Morgan fingerprint density at radius 1 is 1.25 bits per heavy atom. The van der Waals surface area contributed by atoms with Crippen LogP contribution in [0.4, 0.5) is 0 Å². The van der Waals surface area contributed by atoms with Crippen molar-refractivity contribution in [1.29, 1.82) is 0 Å². The molecule has 0 saturated heterocycles. The number of hydrogen-bond acceptors (Lipinski definition) is 2. The molecule has 0 radical (unpaired) electrons. The van der Waals surface area contributed by atoms with Crippen LogP contribution in [0.15, 0.2) is 16.5 Å². The highest BCUT2D eigenvalue weighted by atomic mass is 16.3. The summed E-state index contributed by atoms with van der Waals surface area (Å²) in [4.78, 5) is 11.1. The number of rotatable bonds is 2. The van der Waals surface area contributed by atoms with Gasteiger partial charge in [-0.1, -0.05) is 12.1 Å². The number of carbonyl (C=O) groups excluding carboxylic acids is 1. The van der Waals surface area contributed by atoms with Crippen molar-refractivity contribution in [3.8, 4) is 0 Å². The molecule has 0 bridgehead atoms. The Hall–Kier alpha value is -1.57. The van der Waals surface area contributed by atoms with E-state index in [1.807, 2.05) is 13.0 Å². The Balaban J connectivity index is 2.43. The maximum absolute atomic E-state index is 11.1. The molecule has 1 saturated carbocycles. The van der Waals surface area contributed by atoms with Crippen molar-refractivity contribution in [3.05, 3.63) is 34.6 Å². The molecule has 0 amide bonds. The third-order valence-electron chi connectivity index (χ3n) is 3.40. The highest BCUT2D eigenvalue weighted by Crippen LogP contribution is 2.46. The van der Waals surface area contributed by atoms with Crippen molar-refractivity contribution >= 4 is 17.3 Å². The highest BCUT2D eigenvalue weighted by molar-refractivity contribution is 5.94. The summed E-state index contributed by atoms with van der Waals surface area (Å²) >= 11 is 0. The molecule has 0 atom stereocenters. The standard InChI is InChI=1S/C14H14O2/c1-8-3-4-9(2)14-12(8)13(10-5-6-10)11(7-15)16-14/h3-4,7,10H,5-6H2,1-2H3. The van der Waals surface area contributed by atoms with Crippen molar-refractivity contribution in [2.75, 3.05) is 0 Å². The second-order valence-corrected chi connectivity index (χ2v) is 4.68. The fourth-order valence-electron chi connectivity index (χ4n) is 2.40. The smallest absolute Gasteiger partial charge is 0.185 e. The van der Waals surface area contributed by atoms with Crippen LogP contribution < -0.4 is 0 Å². The van der Waals surface area contributed by atoms with Crippen LogP contribution in [0.25, 0.3) is 11.0 Å². The fourth-order valence-corrected chi connectivity index (χ4v) is 2.40. The molecule has 2 aromatic rings. The zero-order chi connectivity index (χ0) is 11.3. The Morgan fingerprint density at radius 3 is 2.56 bits per heavy atom. The second kappa shape index (κ2) is 3.21. The zero-order valence-electron chi connectivity index (χ0n) is 9.54. The molecule has 0 spiro atoms. The normalized spacial score (nSPS) is 15.6. The number of fused-ring (bicyclic) bond motifs is 1. The molecule has 82 valence electrons. The van der Waals surface area contributed by atoms with Crippen molar-refractivity contribution in [3.63, 3.8) is 0 Å². The van der Waals surface area contributed by atoms with E-state index in [0.717, 1.165) is 23.0 Å². The minimum Gasteiger partial charge on any atom is -0.453 e. The number of aldehydes is 1. The van der Waals surface area contributed by atoms with E-state index < -0.39 is 0 Å². The average Bonchev–Trinajstić information content (AvgIpc) is 3.03. The molecule has 0 unspecified atom stereocenters. The van der Waals surface area contributed by atoms with E-state index in [1.165, 1.54) is 23.8 Å². The Labute approximate surface area is 94.3 Å². The lowest BCUT2D eigenvalue weighted by atomic mass is 10.0. The van der Waals surface area contributed by atoms with E-state index in [-0.39, 0.29) is 0 Å². The minimum absolute atomic E-state index is 0.537. The lowest BCUT2D eigenvalue weighted by molar-refractivity contribution is 0.110. The van der Waals surface area contributed by atoms with E-state index in [0.29, 0.717) is 11.7 Å². The van der Waals surface area contributed by atoms with Crippen LogP contribution in [0.1, 0.15) is 46.0 Å². The molecule has 1 aliphatic carbocycles. The maximum Gasteiger partial charge on any atom is 0.185 e. The molecule has 0 aliphatic heterocycles. The molecular formula is C14H14O2. The molecule has 1 aromatic carbocycles. The highest BCUT2D eigenvalue weighted by Gasteiger charge is 2.31. The molecule has 1 fully saturated rings. The van der Waals surface area contributed by atoms with Crippen LogP contribution in [0.5, 0.6) is 0 Å². The molecule has 16 heavy (non-hydrogen) atoms. The first-order valence-electron chi connectivity index (χ1n) is 5.70. The molecule has 1 aliphatic rings.